The Morgan fingerprint density at radius 1 is 0.952 bits per heavy atom. The zero-order chi connectivity index (χ0) is 14.3. The van der Waals surface area contributed by atoms with Crippen molar-refractivity contribution < 1.29 is 18.6 Å². The Hall–Kier alpha value is -2.56. The van der Waals surface area contributed by atoms with Crippen molar-refractivity contribution in [3.63, 3.8) is 0 Å². The number of carbonyl (C=O) groups excluding carboxylic acids is 1. The highest BCUT2D eigenvalue weighted by Gasteiger charge is 2.54. The molecular formula is C16H14BNO3. The number of hydrogen-bond acceptors (Lipinski definition) is 3. The van der Waals surface area contributed by atoms with E-state index in [0.29, 0.717) is 13.0 Å². The van der Waals surface area contributed by atoms with Gasteiger partial charge in [-0.15, -0.1) is 0 Å². The van der Waals surface area contributed by atoms with Gasteiger partial charge in [0.15, 0.2) is 0 Å². The molecule has 4 rings (SSSR count). The normalized spacial score (nSPS) is 23.2. The largest absolute Gasteiger partial charge is 0.681 e. The minimum absolute atomic E-state index is 0.220. The van der Waals surface area contributed by atoms with Gasteiger partial charge in [0.1, 0.15) is 12.8 Å². The van der Waals surface area contributed by atoms with Gasteiger partial charge in [0, 0.05) is 0 Å². The fourth-order valence-electron chi connectivity index (χ4n) is 3.02. The lowest BCUT2D eigenvalue weighted by Gasteiger charge is -2.42. The van der Waals surface area contributed by atoms with Crippen LogP contribution in [0.2, 0.25) is 0 Å². The lowest BCUT2D eigenvalue weighted by atomic mass is 9.60. The Morgan fingerprint density at radius 3 is 2.57 bits per heavy atom. The SMILES string of the molecule is O=C1CC[N+]2=Cc3ccccc3O[B-]2(c2ccccc2)O1. The molecule has 0 amide bonds. The molecule has 2 aliphatic heterocycles. The van der Waals surface area contributed by atoms with E-state index < -0.39 is 6.69 Å². The van der Waals surface area contributed by atoms with Crippen molar-refractivity contribution in [3.05, 3.63) is 60.2 Å². The molecule has 104 valence electrons. The summed E-state index contributed by atoms with van der Waals surface area (Å²) in [4.78, 5) is 11.9. The van der Waals surface area contributed by atoms with Crippen LogP contribution in [-0.2, 0) is 9.45 Å². The molecule has 1 atom stereocenters. The van der Waals surface area contributed by atoms with Crippen molar-refractivity contribution in [2.45, 2.75) is 6.42 Å². The first-order chi connectivity index (χ1) is 10.3. The Kier molecular flexibility index (Phi) is 2.60. The first kappa shape index (κ1) is 12.2. The molecule has 2 aromatic carbocycles. The van der Waals surface area contributed by atoms with Crippen LogP contribution in [0.15, 0.2) is 54.6 Å². The number of nitrogens with zero attached hydrogens (tertiary/aromatic N) is 1. The van der Waals surface area contributed by atoms with Gasteiger partial charge in [-0.05, 0) is 17.6 Å². The van der Waals surface area contributed by atoms with Crippen LogP contribution in [0.5, 0.6) is 5.75 Å². The molecule has 21 heavy (non-hydrogen) atoms. The number of hydrogen-bond donors (Lipinski definition) is 0. The second-order valence-corrected chi connectivity index (χ2v) is 5.34. The second kappa shape index (κ2) is 4.48. The lowest BCUT2D eigenvalue weighted by molar-refractivity contribution is -0.432. The third-order valence-electron chi connectivity index (χ3n) is 4.03. The zero-order valence-corrected chi connectivity index (χ0v) is 11.4. The third-order valence-corrected chi connectivity index (χ3v) is 4.03. The quantitative estimate of drug-likeness (QED) is 0.739. The van der Waals surface area contributed by atoms with Gasteiger partial charge in [-0.1, -0.05) is 42.5 Å². The van der Waals surface area contributed by atoms with E-state index in [4.69, 9.17) is 9.31 Å². The maximum Gasteiger partial charge on any atom is 0.681 e. The Morgan fingerprint density at radius 2 is 1.71 bits per heavy atom. The summed E-state index contributed by atoms with van der Waals surface area (Å²) in [6.07, 6.45) is 2.40. The topological polar surface area (TPSA) is 38.5 Å². The summed E-state index contributed by atoms with van der Waals surface area (Å²) in [5.41, 5.74) is 1.88. The van der Waals surface area contributed by atoms with Crippen LogP contribution < -0.4 is 10.1 Å². The standard InChI is InChI=1S/C16H14BNO3/c19-16-10-11-18-12-13-6-4-5-9-15(13)20-17(18,21-16)14-7-2-1-3-8-14/h1-9,12H,10-11H2. The molecule has 4 nitrogen and oxygen atoms in total. The summed E-state index contributed by atoms with van der Waals surface area (Å²) < 4.78 is 13.9. The van der Waals surface area contributed by atoms with Gasteiger partial charge in [0.2, 0.25) is 0 Å². The molecule has 2 aliphatic rings. The molecule has 5 heteroatoms. The van der Waals surface area contributed by atoms with Crippen molar-refractivity contribution in [1.29, 1.82) is 0 Å². The highest BCUT2D eigenvalue weighted by atomic mass is 16.6. The fourth-order valence-corrected chi connectivity index (χ4v) is 3.02. The van der Waals surface area contributed by atoms with Gasteiger partial charge in [0.05, 0.1) is 17.7 Å². The van der Waals surface area contributed by atoms with E-state index >= 15 is 0 Å². The average molecular weight is 279 g/mol. The molecule has 1 saturated heterocycles. The predicted molar refractivity (Wildman–Crippen MR) is 79.9 cm³/mol. The van der Waals surface area contributed by atoms with E-state index in [0.717, 1.165) is 16.8 Å². The molecule has 0 bridgehead atoms. The lowest BCUT2D eigenvalue weighted by Crippen LogP contribution is -2.70. The summed E-state index contributed by atoms with van der Waals surface area (Å²) in [5, 5.41) is 0. The highest BCUT2D eigenvalue weighted by Crippen LogP contribution is 2.28. The Bertz CT molecular complexity index is 744. The summed E-state index contributed by atoms with van der Waals surface area (Å²) in [5.74, 6) is 0.523. The molecule has 0 spiro atoms. The van der Waals surface area contributed by atoms with Crippen LogP contribution in [0.3, 0.4) is 0 Å². The van der Waals surface area contributed by atoms with E-state index in [1.165, 1.54) is 0 Å². The smallest absolute Gasteiger partial charge is 0.618 e. The second-order valence-electron chi connectivity index (χ2n) is 5.34. The Balaban J connectivity index is 1.92. The molecule has 0 saturated carbocycles. The Labute approximate surface area is 122 Å². The molecule has 0 N–H and O–H groups in total. The molecular weight excluding hydrogens is 265 g/mol. The minimum Gasteiger partial charge on any atom is -0.618 e. The highest BCUT2D eigenvalue weighted by molar-refractivity contribution is 6.76. The van der Waals surface area contributed by atoms with Crippen LogP contribution in [0.4, 0.5) is 0 Å². The van der Waals surface area contributed by atoms with Gasteiger partial charge in [-0.3, -0.25) is 4.79 Å². The van der Waals surface area contributed by atoms with E-state index in [9.17, 15) is 4.79 Å². The minimum atomic E-state index is -1.99. The monoisotopic (exact) mass is 279 g/mol. The van der Waals surface area contributed by atoms with Crippen LogP contribution in [0.25, 0.3) is 0 Å². The number of benzene rings is 2. The van der Waals surface area contributed by atoms with Gasteiger partial charge < -0.3 is 13.8 Å². The van der Waals surface area contributed by atoms with E-state index in [2.05, 4.69) is 0 Å². The van der Waals surface area contributed by atoms with Crippen molar-refractivity contribution in [2.75, 3.05) is 6.54 Å². The average Bonchev–Trinajstić information content (AvgIpc) is 2.53. The summed E-state index contributed by atoms with van der Waals surface area (Å²) >= 11 is 0. The van der Waals surface area contributed by atoms with Crippen LogP contribution in [-0.4, -0.2) is 29.9 Å². The number of rotatable bonds is 1. The molecule has 0 aliphatic carbocycles. The molecule has 0 aromatic heterocycles. The van der Waals surface area contributed by atoms with Gasteiger partial charge >= 0.3 is 6.69 Å². The van der Waals surface area contributed by atoms with E-state index in [-0.39, 0.29) is 5.97 Å². The first-order valence-corrected chi connectivity index (χ1v) is 7.09. The fraction of sp³-hybridized carbons (Fsp3) is 0.125. The van der Waals surface area contributed by atoms with E-state index in [1.807, 2.05) is 65.3 Å². The van der Waals surface area contributed by atoms with Crippen molar-refractivity contribution in [2.24, 2.45) is 0 Å². The van der Waals surface area contributed by atoms with Gasteiger partial charge in [-0.25, -0.2) is 0 Å². The molecule has 1 unspecified atom stereocenters. The third kappa shape index (κ3) is 1.85. The zero-order valence-electron chi connectivity index (χ0n) is 11.4. The molecule has 1 fully saturated rings. The van der Waals surface area contributed by atoms with Gasteiger partial charge in [-0.2, -0.15) is 0 Å². The predicted octanol–water partition coefficient (Wildman–Crippen LogP) is 1.30. The summed E-state index contributed by atoms with van der Waals surface area (Å²) in [6.45, 7) is -1.39. The van der Waals surface area contributed by atoms with E-state index in [1.54, 1.807) is 0 Å². The number of carbonyl (C=O) groups is 1. The first-order valence-electron chi connectivity index (χ1n) is 7.09. The number of para-hydroxylation sites is 1. The van der Waals surface area contributed by atoms with Crippen LogP contribution >= 0.6 is 0 Å². The summed E-state index contributed by atoms with van der Waals surface area (Å²) in [6, 6.07) is 17.5. The maximum atomic E-state index is 11.9. The van der Waals surface area contributed by atoms with Crippen molar-refractivity contribution in [3.8, 4) is 5.75 Å². The van der Waals surface area contributed by atoms with Crippen molar-refractivity contribution >= 4 is 24.3 Å². The molecule has 2 heterocycles. The van der Waals surface area contributed by atoms with Crippen molar-refractivity contribution in [1.82, 2.24) is 0 Å². The van der Waals surface area contributed by atoms with Crippen LogP contribution in [0.1, 0.15) is 12.0 Å². The molecule has 2 aromatic rings. The van der Waals surface area contributed by atoms with Crippen LogP contribution in [0, 0.1) is 0 Å². The molecule has 0 radical (unpaired) electrons. The number of fused-ring (bicyclic) bond motifs is 2. The summed E-state index contributed by atoms with van der Waals surface area (Å²) in [7, 11) is 0. The van der Waals surface area contributed by atoms with Gasteiger partial charge in [0.25, 0.3) is 5.97 Å². The maximum absolute atomic E-state index is 11.9.